The summed E-state index contributed by atoms with van der Waals surface area (Å²) in [5.74, 6) is 0.981. The van der Waals surface area contributed by atoms with E-state index >= 15 is 0 Å². The highest BCUT2D eigenvalue weighted by molar-refractivity contribution is 7.17. The minimum atomic E-state index is 0.627. The second kappa shape index (κ2) is 4.60. The Kier molecular flexibility index (Phi) is 2.80. The van der Waals surface area contributed by atoms with Gasteiger partial charge in [0.1, 0.15) is 12.4 Å². The molecular formula is C15H12OS. The summed E-state index contributed by atoms with van der Waals surface area (Å²) in [7, 11) is 0. The van der Waals surface area contributed by atoms with E-state index in [1.165, 1.54) is 15.6 Å². The van der Waals surface area contributed by atoms with Gasteiger partial charge in [-0.2, -0.15) is 0 Å². The highest BCUT2D eigenvalue weighted by atomic mass is 32.1. The van der Waals surface area contributed by atoms with E-state index in [1.807, 2.05) is 24.3 Å². The molecule has 84 valence electrons. The Bertz CT molecular complexity index is 613. The maximum Gasteiger partial charge on any atom is 0.138 e. The average molecular weight is 240 g/mol. The highest BCUT2D eigenvalue weighted by Gasteiger charge is 2.03. The third-order valence-corrected chi connectivity index (χ3v) is 3.62. The SMILES string of the molecule is c1ccc(COc2csc3ccccc23)cc1. The number of fused-ring (bicyclic) bond motifs is 1. The fourth-order valence-electron chi connectivity index (χ4n) is 1.80. The van der Waals surface area contributed by atoms with E-state index in [-0.39, 0.29) is 0 Å². The van der Waals surface area contributed by atoms with Crippen LogP contribution < -0.4 is 4.74 Å². The molecule has 0 fully saturated rings. The van der Waals surface area contributed by atoms with E-state index < -0.39 is 0 Å². The van der Waals surface area contributed by atoms with Crippen LogP contribution in [-0.2, 0) is 6.61 Å². The summed E-state index contributed by atoms with van der Waals surface area (Å²) >= 11 is 1.72. The lowest BCUT2D eigenvalue weighted by atomic mass is 10.2. The quantitative estimate of drug-likeness (QED) is 0.656. The Morgan fingerprint density at radius 2 is 1.65 bits per heavy atom. The fraction of sp³-hybridized carbons (Fsp3) is 0.0667. The van der Waals surface area contributed by atoms with Crippen LogP contribution in [0.2, 0.25) is 0 Å². The number of ether oxygens (including phenoxy) is 1. The van der Waals surface area contributed by atoms with Crippen molar-refractivity contribution in [1.82, 2.24) is 0 Å². The summed E-state index contributed by atoms with van der Waals surface area (Å²) < 4.78 is 7.13. The third-order valence-electron chi connectivity index (χ3n) is 2.68. The molecule has 0 amide bonds. The first-order chi connectivity index (χ1) is 8.43. The van der Waals surface area contributed by atoms with Gasteiger partial charge in [0.15, 0.2) is 0 Å². The Morgan fingerprint density at radius 3 is 2.53 bits per heavy atom. The van der Waals surface area contributed by atoms with Gasteiger partial charge in [-0.25, -0.2) is 0 Å². The number of hydrogen-bond donors (Lipinski definition) is 0. The van der Waals surface area contributed by atoms with E-state index in [1.54, 1.807) is 11.3 Å². The monoisotopic (exact) mass is 240 g/mol. The molecule has 1 nitrogen and oxygen atoms in total. The smallest absolute Gasteiger partial charge is 0.138 e. The van der Waals surface area contributed by atoms with Crippen molar-refractivity contribution in [3.05, 3.63) is 65.5 Å². The Labute approximate surface area is 104 Å². The largest absolute Gasteiger partial charge is 0.487 e. The predicted octanol–water partition coefficient (Wildman–Crippen LogP) is 4.48. The summed E-state index contributed by atoms with van der Waals surface area (Å²) in [5, 5.41) is 3.28. The van der Waals surface area contributed by atoms with Gasteiger partial charge in [-0.3, -0.25) is 0 Å². The molecule has 0 radical (unpaired) electrons. The van der Waals surface area contributed by atoms with Crippen LogP contribution in [0.3, 0.4) is 0 Å². The molecule has 0 aliphatic heterocycles. The molecule has 0 spiro atoms. The molecular weight excluding hydrogens is 228 g/mol. The molecule has 0 saturated carbocycles. The van der Waals surface area contributed by atoms with Gasteiger partial charge in [0.25, 0.3) is 0 Å². The first kappa shape index (κ1) is 10.4. The molecule has 0 aliphatic carbocycles. The lowest BCUT2D eigenvalue weighted by Crippen LogP contribution is -1.93. The summed E-state index contributed by atoms with van der Waals surface area (Å²) in [6.07, 6.45) is 0. The van der Waals surface area contributed by atoms with Crippen LogP contribution in [0.25, 0.3) is 10.1 Å². The van der Waals surface area contributed by atoms with Crippen LogP contribution in [0.15, 0.2) is 60.0 Å². The second-order valence-corrected chi connectivity index (χ2v) is 4.78. The second-order valence-electron chi connectivity index (χ2n) is 3.87. The van der Waals surface area contributed by atoms with Crippen molar-refractivity contribution in [2.45, 2.75) is 6.61 Å². The molecule has 0 unspecified atom stereocenters. The van der Waals surface area contributed by atoms with Crippen LogP contribution in [0.4, 0.5) is 0 Å². The Morgan fingerprint density at radius 1 is 0.882 bits per heavy atom. The third kappa shape index (κ3) is 2.17. The van der Waals surface area contributed by atoms with Crippen LogP contribution in [-0.4, -0.2) is 0 Å². The first-order valence-corrected chi connectivity index (χ1v) is 6.44. The number of benzene rings is 2. The number of hydrogen-bond acceptors (Lipinski definition) is 2. The molecule has 3 rings (SSSR count). The van der Waals surface area contributed by atoms with Crippen molar-refractivity contribution in [3.63, 3.8) is 0 Å². The van der Waals surface area contributed by atoms with Crippen LogP contribution in [0, 0.1) is 0 Å². The molecule has 1 aromatic heterocycles. The zero-order valence-electron chi connectivity index (χ0n) is 9.30. The summed E-state index contributed by atoms with van der Waals surface area (Å²) in [6.45, 7) is 0.627. The minimum absolute atomic E-state index is 0.627. The summed E-state index contributed by atoms with van der Waals surface area (Å²) in [6, 6.07) is 18.6. The molecule has 0 saturated heterocycles. The van der Waals surface area contributed by atoms with E-state index in [0.717, 1.165) is 5.75 Å². The maximum absolute atomic E-state index is 5.86. The predicted molar refractivity (Wildman–Crippen MR) is 72.6 cm³/mol. The van der Waals surface area contributed by atoms with Gasteiger partial charge >= 0.3 is 0 Å². The highest BCUT2D eigenvalue weighted by Crippen LogP contribution is 2.32. The zero-order valence-corrected chi connectivity index (χ0v) is 10.1. The summed E-state index contributed by atoms with van der Waals surface area (Å²) in [4.78, 5) is 0. The fourth-order valence-corrected chi connectivity index (χ4v) is 2.68. The van der Waals surface area contributed by atoms with Gasteiger partial charge < -0.3 is 4.74 Å². The van der Waals surface area contributed by atoms with Crippen molar-refractivity contribution in [3.8, 4) is 5.75 Å². The Balaban J connectivity index is 1.82. The summed E-state index contributed by atoms with van der Waals surface area (Å²) in [5.41, 5.74) is 1.20. The molecule has 1 heterocycles. The van der Waals surface area contributed by atoms with Gasteiger partial charge in [0.05, 0.1) is 0 Å². The van der Waals surface area contributed by atoms with E-state index in [2.05, 4.69) is 35.7 Å². The lowest BCUT2D eigenvalue weighted by molar-refractivity contribution is 0.311. The number of rotatable bonds is 3. The standard InChI is InChI=1S/C15H12OS/c1-2-6-12(7-3-1)10-16-14-11-17-15-9-5-4-8-13(14)15/h1-9,11H,10H2. The molecule has 2 aromatic carbocycles. The Hall–Kier alpha value is -1.80. The molecule has 2 heteroatoms. The van der Waals surface area contributed by atoms with E-state index in [4.69, 9.17) is 4.74 Å². The average Bonchev–Trinajstić information content (AvgIpc) is 2.81. The van der Waals surface area contributed by atoms with Crippen molar-refractivity contribution < 1.29 is 4.74 Å². The minimum Gasteiger partial charge on any atom is -0.487 e. The van der Waals surface area contributed by atoms with Crippen LogP contribution in [0.1, 0.15) is 5.56 Å². The zero-order chi connectivity index (χ0) is 11.5. The molecule has 0 aliphatic rings. The number of thiophene rings is 1. The molecule has 0 bridgehead atoms. The molecule has 17 heavy (non-hydrogen) atoms. The van der Waals surface area contributed by atoms with Crippen LogP contribution >= 0.6 is 11.3 Å². The van der Waals surface area contributed by atoms with Gasteiger partial charge in [-0.15, -0.1) is 11.3 Å². The lowest BCUT2D eigenvalue weighted by Gasteiger charge is -2.04. The van der Waals surface area contributed by atoms with E-state index in [9.17, 15) is 0 Å². The van der Waals surface area contributed by atoms with Crippen molar-refractivity contribution in [2.75, 3.05) is 0 Å². The van der Waals surface area contributed by atoms with E-state index in [0.29, 0.717) is 6.61 Å². The topological polar surface area (TPSA) is 9.23 Å². The van der Waals surface area contributed by atoms with Gasteiger partial charge in [0.2, 0.25) is 0 Å². The normalized spacial score (nSPS) is 10.6. The van der Waals surface area contributed by atoms with Crippen molar-refractivity contribution >= 4 is 21.4 Å². The van der Waals surface area contributed by atoms with Gasteiger partial charge in [-0.05, 0) is 17.7 Å². The first-order valence-electron chi connectivity index (χ1n) is 5.56. The molecule has 0 N–H and O–H groups in total. The van der Waals surface area contributed by atoms with Gasteiger partial charge in [0, 0.05) is 15.5 Å². The van der Waals surface area contributed by atoms with Crippen molar-refractivity contribution in [1.29, 1.82) is 0 Å². The maximum atomic E-state index is 5.86. The van der Waals surface area contributed by atoms with Gasteiger partial charge in [-0.1, -0.05) is 42.5 Å². The molecule has 3 aromatic rings. The molecule has 0 atom stereocenters. The van der Waals surface area contributed by atoms with Crippen molar-refractivity contribution in [2.24, 2.45) is 0 Å². The van der Waals surface area contributed by atoms with Crippen LogP contribution in [0.5, 0.6) is 5.75 Å².